The van der Waals surface area contributed by atoms with Gasteiger partial charge in [-0.3, -0.25) is 0 Å². The molecule has 0 saturated carbocycles. The summed E-state index contributed by atoms with van der Waals surface area (Å²) in [7, 11) is -4.08. The van der Waals surface area contributed by atoms with Crippen molar-refractivity contribution >= 4 is 10.0 Å². The van der Waals surface area contributed by atoms with Crippen LogP contribution in [0.25, 0.3) is 0 Å². The lowest BCUT2D eigenvalue weighted by Crippen LogP contribution is -2.49. The van der Waals surface area contributed by atoms with Gasteiger partial charge in [-0.25, -0.2) is 21.9 Å². The van der Waals surface area contributed by atoms with Gasteiger partial charge in [0.15, 0.2) is 0 Å². The lowest BCUT2D eigenvalue weighted by molar-refractivity contribution is -0.274. The van der Waals surface area contributed by atoms with E-state index in [4.69, 9.17) is 0 Å². The number of rotatable bonds is 6. The van der Waals surface area contributed by atoms with Gasteiger partial charge >= 0.3 is 6.36 Å². The first-order valence-electron chi connectivity index (χ1n) is 5.95. The summed E-state index contributed by atoms with van der Waals surface area (Å²) in [5, 5.41) is 0. The fraction of sp³-hybridized carbons (Fsp3) is 0.500. The number of ether oxygens (including phenoxy) is 1. The maximum atomic E-state index is 12.6. The van der Waals surface area contributed by atoms with Crippen molar-refractivity contribution < 1.29 is 35.1 Å². The highest BCUT2D eigenvalue weighted by Crippen LogP contribution is 2.23. The summed E-state index contributed by atoms with van der Waals surface area (Å²) in [6.07, 6.45) is -7.76. The Morgan fingerprint density at radius 3 is 2.05 bits per heavy atom. The van der Waals surface area contributed by atoms with Crippen molar-refractivity contribution in [2.75, 3.05) is 0 Å². The fourth-order valence-electron chi connectivity index (χ4n) is 1.49. The Balaban J connectivity index is 2.78. The molecule has 0 atom stereocenters. The van der Waals surface area contributed by atoms with E-state index in [0.29, 0.717) is 0 Å². The standard InChI is InChI=1S/C12H14F5NO3S/c1-11(2,10(13)14)18-22(19,20)7-8-3-5-9(6-4-8)21-12(15,16)17/h3-6,10,18H,7H2,1-2H3. The molecule has 22 heavy (non-hydrogen) atoms. The minimum absolute atomic E-state index is 0.132. The molecule has 1 N–H and O–H groups in total. The largest absolute Gasteiger partial charge is 0.573 e. The van der Waals surface area contributed by atoms with Gasteiger partial charge < -0.3 is 4.74 Å². The highest BCUT2D eigenvalue weighted by Gasteiger charge is 2.34. The Hall–Kier alpha value is -1.42. The summed E-state index contributed by atoms with van der Waals surface area (Å²) in [6.45, 7) is 2.05. The summed E-state index contributed by atoms with van der Waals surface area (Å²) in [4.78, 5) is 0. The van der Waals surface area contributed by atoms with Crippen molar-refractivity contribution in [2.45, 2.75) is 37.9 Å². The monoisotopic (exact) mass is 347 g/mol. The smallest absolute Gasteiger partial charge is 0.406 e. The van der Waals surface area contributed by atoms with E-state index in [-0.39, 0.29) is 5.56 Å². The van der Waals surface area contributed by atoms with E-state index in [1.807, 2.05) is 4.72 Å². The van der Waals surface area contributed by atoms with Crippen LogP contribution in [0.1, 0.15) is 19.4 Å². The highest BCUT2D eigenvalue weighted by atomic mass is 32.2. The third kappa shape index (κ3) is 6.14. The second kappa shape index (κ2) is 6.37. The van der Waals surface area contributed by atoms with Crippen LogP contribution in [0, 0.1) is 0 Å². The Labute approximate surface area is 124 Å². The Bertz CT molecular complexity index is 596. The number of hydrogen-bond donors (Lipinski definition) is 1. The van der Waals surface area contributed by atoms with Crippen molar-refractivity contribution in [1.82, 2.24) is 4.72 Å². The molecule has 1 aromatic carbocycles. The van der Waals surface area contributed by atoms with Crippen LogP contribution in [0.15, 0.2) is 24.3 Å². The summed E-state index contributed by atoms with van der Waals surface area (Å²) in [5.41, 5.74) is -1.81. The Morgan fingerprint density at radius 2 is 1.64 bits per heavy atom. The minimum atomic E-state index is -4.85. The van der Waals surface area contributed by atoms with Crippen LogP contribution in [0.4, 0.5) is 22.0 Å². The molecule has 10 heteroatoms. The molecule has 0 saturated heterocycles. The second-order valence-electron chi connectivity index (χ2n) is 5.08. The molecule has 0 aliphatic rings. The summed E-state index contributed by atoms with van der Waals surface area (Å²) >= 11 is 0. The van der Waals surface area contributed by atoms with E-state index in [0.717, 1.165) is 38.1 Å². The SMILES string of the molecule is CC(C)(NS(=O)(=O)Cc1ccc(OC(F)(F)F)cc1)C(F)F. The minimum Gasteiger partial charge on any atom is -0.406 e. The van der Waals surface area contributed by atoms with Gasteiger partial charge in [-0.15, -0.1) is 13.2 Å². The molecule has 0 aromatic heterocycles. The summed E-state index contributed by atoms with van der Waals surface area (Å²) < 4.78 is 90.2. The van der Waals surface area contributed by atoms with E-state index < -0.39 is 39.9 Å². The number of sulfonamides is 1. The van der Waals surface area contributed by atoms with Gasteiger partial charge in [0, 0.05) is 0 Å². The van der Waals surface area contributed by atoms with Crippen LogP contribution < -0.4 is 9.46 Å². The molecule has 0 aliphatic carbocycles. The van der Waals surface area contributed by atoms with Gasteiger partial charge in [0.25, 0.3) is 6.43 Å². The quantitative estimate of drug-likeness (QED) is 0.805. The molecule has 0 bridgehead atoms. The van der Waals surface area contributed by atoms with Crippen molar-refractivity contribution in [2.24, 2.45) is 0 Å². The number of benzene rings is 1. The lowest BCUT2D eigenvalue weighted by Gasteiger charge is -2.24. The first-order chi connectivity index (χ1) is 9.81. The van der Waals surface area contributed by atoms with Crippen LogP contribution in [0.2, 0.25) is 0 Å². The number of hydrogen-bond acceptors (Lipinski definition) is 3. The van der Waals surface area contributed by atoms with E-state index in [2.05, 4.69) is 4.74 Å². The molecule has 0 fully saturated rings. The van der Waals surface area contributed by atoms with Crippen molar-refractivity contribution in [1.29, 1.82) is 0 Å². The third-order valence-corrected chi connectivity index (χ3v) is 4.03. The van der Waals surface area contributed by atoms with E-state index in [1.165, 1.54) is 0 Å². The average molecular weight is 347 g/mol. The maximum Gasteiger partial charge on any atom is 0.573 e. The van der Waals surface area contributed by atoms with E-state index in [9.17, 15) is 30.4 Å². The highest BCUT2D eigenvalue weighted by molar-refractivity contribution is 7.88. The predicted molar refractivity (Wildman–Crippen MR) is 69.0 cm³/mol. The molecule has 1 rings (SSSR count). The third-order valence-electron chi connectivity index (χ3n) is 2.48. The molecule has 0 heterocycles. The predicted octanol–water partition coefficient (Wildman–Crippen LogP) is 3.05. The zero-order valence-corrected chi connectivity index (χ0v) is 12.4. The second-order valence-corrected chi connectivity index (χ2v) is 6.80. The van der Waals surface area contributed by atoms with Gasteiger partial charge in [0.05, 0.1) is 11.3 Å². The van der Waals surface area contributed by atoms with E-state index in [1.54, 1.807) is 0 Å². The lowest BCUT2D eigenvalue weighted by atomic mass is 10.1. The number of halogens is 5. The zero-order valence-electron chi connectivity index (χ0n) is 11.6. The van der Waals surface area contributed by atoms with Gasteiger partial charge in [-0.2, -0.15) is 0 Å². The van der Waals surface area contributed by atoms with Gasteiger partial charge in [-0.05, 0) is 31.5 Å². The zero-order chi connectivity index (χ0) is 17.2. The molecular formula is C12H14F5NO3S. The number of alkyl halides is 5. The molecule has 1 aromatic rings. The molecule has 4 nitrogen and oxygen atoms in total. The van der Waals surface area contributed by atoms with Gasteiger partial charge in [-0.1, -0.05) is 12.1 Å². The van der Waals surface area contributed by atoms with Crippen LogP contribution >= 0.6 is 0 Å². The summed E-state index contributed by atoms with van der Waals surface area (Å²) in [6, 6.07) is 4.10. The molecule has 0 spiro atoms. The van der Waals surface area contributed by atoms with Crippen LogP contribution in [-0.4, -0.2) is 26.7 Å². The van der Waals surface area contributed by atoms with Crippen LogP contribution in [0.5, 0.6) is 5.75 Å². The molecule has 126 valence electrons. The maximum absolute atomic E-state index is 12.6. The molecule has 0 aliphatic heterocycles. The van der Waals surface area contributed by atoms with Crippen molar-refractivity contribution in [3.63, 3.8) is 0 Å². The first-order valence-corrected chi connectivity index (χ1v) is 7.60. The average Bonchev–Trinajstić information content (AvgIpc) is 2.27. The van der Waals surface area contributed by atoms with Gasteiger partial charge in [0.1, 0.15) is 5.75 Å². The van der Waals surface area contributed by atoms with Crippen molar-refractivity contribution in [3.05, 3.63) is 29.8 Å². The number of nitrogens with one attached hydrogen (secondary N) is 1. The Morgan fingerprint density at radius 1 is 1.14 bits per heavy atom. The normalized spacial score (nSPS) is 13.5. The van der Waals surface area contributed by atoms with Crippen molar-refractivity contribution in [3.8, 4) is 5.75 Å². The summed E-state index contributed by atoms with van der Waals surface area (Å²) in [5.74, 6) is -1.15. The Kier molecular flexibility index (Phi) is 5.39. The topological polar surface area (TPSA) is 55.4 Å². The van der Waals surface area contributed by atoms with Crippen LogP contribution in [0.3, 0.4) is 0 Å². The molecule has 0 unspecified atom stereocenters. The van der Waals surface area contributed by atoms with E-state index >= 15 is 0 Å². The molecular weight excluding hydrogens is 333 g/mol. The molecule has 0 radical (unpaired) electrons. The van der Waals surface area contributed by atoms with Gasteiger partial charge in [0.2, 0.25) is 10.0 Å². The van der Waals surface area contributed by atoms with Crippen LogP contribution in [-0.2, 0) is 15.8 Å². The molecule has 0 amide bonds. The first kappa shape index (κ1) is 18.6. The fourth-order valence-corrected chi connectivity index (χ4v) is 3.08.